The van der Waals surface area contributed by atoms with Crippen LogP contribution in [0.5, 0.6) is 0 Å². The molecule has 1 fully saturated rings. The summed E-state index contributed by atoms with van der Waals surface area (Å²) in [6.45, 7) is 5.40. The number of ether oxygens (including phenoxy) is 2. The summed E-state index contributed by atoms with van der Waals surface area (Å²) in [5.74, 6) is -0.269. The van der Waals surface area contributed by atoms with Crippen LogP contribution in [0, 0.1) is 0 Å². The zero-order valence-electron chi connectivity index (χ0n) is 17.7. The van der Waals surface area contributed by atoms with Crippen molar-refractivity contribution in [3.8, 4) is 0 Å². The molecule has 0 N–H and O–H groups in total. The number of likely N-dealkylation sites (tertiary alicyclic amines) is 1. The lowest BCUT2D eigenvalue weighted by atomic mass is 10.0. The van der Waals surface area contributed by atoms with E-state index in [4.69, 9.17) is 9.47 Å². The van der Waals surface area contributed by atoms with Crippen LogP contribution in [0.25, 0.3) is 0 Å². The molecule has 1 rings (SSSR count). The third kappa shape index (κ3) is 10.6. The molecule has 27 heavy (non-hydrogen) atoms. The Morgan fingerprint density at radius 3 is 2.00 bits per heavy atom. The minimum Gasteiger partial charge on any atom is -0.464 e. The number of piperidine rings is 1. The summed E-state index contributed by atoms with van der Waals surface area (Å²) in [5, 5.41) is 0. The fourth-order valence-corrected chi connectivity index (χ4v) is 3.64. The molecule has 1 aliphatic rings. The van der Waals surface area contributed by atoms with Crippen molar-refractivity contribution in [1.82, 2.24) is 4.90 Å². The maximum Gasteiger partial charge on any atom is 0.410 e. The van der Waals surface area contributed by atoms with Crippen molar-refractivity contribution < 1.29 is 19.1 Å². The number of nitrogens with zero attached hydrogens (tertiary/aromatic N) is 1. The van der Waals surface area contributed by atoms with Gasteiger partial charge in [-0.15, -0.1) is 0 Å². The molecule has 1 amide bonds. The third-order valence-corrected chi connectivity index (χ3v) is 5.27. The second-order valence-electron chi connectivity index (χ2n) is 7.61. The summed E-state index contributed by atoms with van der Waals surface area (Å²) in [4.78, 5) is 25.8. The minimum atomic E-state index is -0.467. The van der Waals surface area contributed by atoms with Gasteiger partial charge in [-0.3, -0.25) is 4.90 Å². The van der Waals surface area contributed by atoms with Gasteiger partial charge in [0, 0.05) is 6.54 Å². The smallest absolute Gasteiger partial charge is 0.410 e. The zero-order chi connectivity index (χ0) is 19.7. The average Bonchev–Trinajstić information content (AvgIpc) is 2.69. The first-order valence-corrected chi connectivity index (χ1v) is 11.3. The van der Waals surface area contributed by atoms with Gasteiger partial charge in [0.25, 0.3) is 0 Å². The lowest BCUT2D eigenvalue weighted by Crippen LogP contribution is -2.48. The summed E-state index contributed by atoms with van der Waals surface area (Å²) < 4.78 is 10.5. The molecular weight excluding hydrogens is 342 g/mol. The maximum absolute atomic E-state index is 12.3. The van der Waals surface area contributed by atoms with E-state index in [9.17, 15) is 9.59 Å². The molecule has 1 atom stereocenters. The largest absolute Gasteiger partial charge is 0.464 e. The number of unbranched alkanes of at least 4 members (excludes halogenated alkanes) is 10. The van der Waals surface area contributed by atoms with Crippen LogP contribution in [0.1, 0.15) is 104 Å². The minimum absolute atomic E-state index is 0.269. The topological polar surface area (TPSA) is 55.8 Å². The van der Waals surface area contributed by atoms with Crippen molar-refractivity contribution in [2.45, 2.75) is 110 Å². The Bertz CT molecular complexity index is 400. The Morgan fingerprint density at radius 2 is 1.41 bits per heavy atom. The highest BCUT2D eigenvalue weighted by atomic mass is 16.6. The maximum atomic E-state index is 12.3. The van der Waals surface area contributed by atoms with Crippen LogP contribution < -0.4 is 0 Å². The number of amides is 1. The lowest BCUT2D eigenvalue weighted by molar-refractivity contribution is -0.150. The molecule has 158 valence electrons. The van der Waals surface area contributed by atoms with Crippen LogP contribution >= 0.6 is 0 Å². The van der Waals surface area contributed by atoms with Gasteiger partial charge in [-0.1, -0.05) is 71.1 Å². The predicted molar refractivity (Wildman–Crippen MR) is 109 cm³/mol. The normalized spacial score (nSPS) is 17.0. The molecule has 1 heterocycles. The second-order valence-corrected chi connectivity index (χ2v) is 7.61. The van der Waals surface area contributed by atoms with Gasteiger partial charge in [-0.05, 0) is 32.6 Å². The highest BCUT2D eigenvalue weighted by Gasteiger charge is 2.34. The molecule has 0 bridgehead atoms. The molecule has 0 saturated carbocycles. The molecular formula is C22H41NO4. The number of rotatable bonds is 14. The quantitative estimate of drug-likeness (QED) is 0.279. The van der Waals surface area contributed by atoms with Crippen molar-refractivity contribution in [3.63, 3.8) is 0 Å². The Morgan fingerprint density at radius 1 is 0.815 bits per heavy atom. The van der Waals surface area contributed by atoms with Gasteiger partial charge in [-0.2, -0.15) is 0 Å². The van der Waals surface area contributed by atoms with Crippen molar-refractivity contribution in [2.75, 3.05) is 19.8 Å². The number of hydrogen-bond acceptors (Lipinski definition) is 4. The standard InChI is InChI=1S/C22H41NO4/c1-3-5-6-7-8-9-10-11-12-13-16-19-27-21(24)20-17-14-15-18-23(20)22(25)26-4-2/h20H,3-19H2,1-2H3. The zero-order valence-corrected chi connectivity index (χ0v) is 17.7. The molecule has 0 aromatic carbocycles. The van der Waals surface area contributed by atoms with E-state index in [1.165, 1.54) is 62.7 Å². The molecule has 1 aliphatic heterocycles. The van der Waals surface area contributed by atoms with Gasteiger partial charge in [0.05, 0.1) is 13.2 Å². The van der Waals surface area contributed by atoms with Crippen LogP contribution in [0.3, 0.4) is 0 Å². The SMILES string of the molecule is CCCCCCCCCCCCCOC(=O)C1CCCCN1C(=O)OCC. The fourth-order valence-electron chi connectivity index (χ4n) is 3.64. The summed E-state index contributed by atoms with van der Waals surface area (Å²) in [7, 11) is 0. The Hall–Kier alpha value is -1.26. The van der Waals surface area contributed by atoms with Crippen LogP contribution in [0.15, 0.2) is 0 Å². The second kappa shape index (κ2) is 15.8. The number of hydrogen-bond donors (Lipinski definition) is 0. The summed E-state index contributed by atoms with van der Waals surface area (Å²) in [5.41, 5.74) is 0. The average molecular weight is 384 g/mol. The number of carbonyl (C=O) groups is 2. The molecule has 0 radical (unpaired) electrons. The van der Waals surface area contributed by atoms with Crippen molar-refractivity contribution in [1.29, 1.82) is 0 Å². The predicted octanol–water partition coefficient (Wildman–Crippen LogP) is 5.85. The summed E-state index contributed by atoms with van der Waals surface area (Å²) in [6, 6.07) is -0.467. The van der Waals surface area contributed by atoms with E-state index in [0.717, 1.165) is 25.7 Å². The molecule has 1 unspecified atom stereocenters. The first kappa shape index (κ1) is 23.8. The van der Waals surface area contributed by atoms with Crippen LogP contribution in [0.4, 0.5) is 4.79 Å². The molecule has 0 spiro atoms. The Balaban J connectivity index is 2.05. The van der Waals surface area contributed by atoms with E-state index >= 15 is 0 Å². The highest BCUT2D eigenvalue weighted by Crippen LogP contribution is 2.19. The molecule has 0 aromatic heterocycles. The fraction of sp³-hybridized carbons (Fsp3) is 0.909. The molecule has 5 heteroatoms. The first-order chi connectivity index (χ1) is 13.2. The first-order valence-electron chi connectivity index (χ1n) is 11.3. The van der Waals surface area contributed by atoms with Crippen molar-refractivity contribution in [2.24, 2.45) is 0 Å². The van der Waals surface area contributed by atoms with Gasteiger partial charge in [0.15, 0.2) is 0 Å². The van der Waals surface area contributed by atoms with Gasteiger partial charge >= 0.3 is 12.1 Å². The number of esters is 1. The van der Waals surface area contributed by atoms with E-state index in [1.54, 1.807) is 6.92 Å². The lowest BCUT2D eigenvalue weighted by Gasteiger charge is -2.33. The van der Waals surface area contributed by atoms with E-state index in [-0.39, 0.29) is 5.97 Å². The highest BCUT2D eigenvalue weighted by molar-refractivity contribution is 5.81. The Labute approximate surface area is 166 Å². The molecule has 5 nitrogen and oxygen atoms in total. The summed E-state index contributed by atoms with van der Waals surface area (Å²) >= 11 is 0. The molecule has 0 aromatic rings. The van der Waals surface area contributed by atoms with Gasteiger partial charge < -0.3 is 9.47 Å². The number of carbonyl (C=O) groups excluding carboxylic acids is 2. The van der Waals surface area contributed by atoms with Gasteiger partial charge in [0.2, 0.25) is 0 Å². The molecule has 1 saturated heterocycles. The third-order valence-electron chi connectivity index (χ3n) is 5.27. The summed E-state index contributed by atoms with van der Waals surface area (Å²) in [6.07, 6.45) is 16.2. The van der Waals surface area contributed by atoms with E-state index in [2.05, 4.69) is 6.92 Å². The van der Waals surface area contributed by atoms with Crippen LogP contribution in [-0.4, -0.2) is 42.8 Å². The molecule has 0 aliphatic carbocycles. The van der Waals surface area contributed by atoms with Gasteiger partial charge in [0.1, 0.15) is 6.04 Å². The van der Waals surface area contributed by atoms with Crippen LogP contribution in [-0.2, 0) is 14.3 Å². The van der Waals surface area contributed by atoms with Crippen molar-refractivity contribution >= 4 is 12.1 Å². The van der Waals surface area contributed by atoms with E-state index in [0.29, 0.717) is 26.2 Å². The van der Waals surface area contributed by atoms with Gasteiger partial charge in [-0.25, -0.2) is 9.59 Å². The monoisotopic (exact) mass is 383 g/mol. The Kier molecular flexibility index (Phi) is 13.9. The van der Waals surface area contributed by atoms with E-state index in [1.807, 2.05) is 0 Å². The van der Waals surface area contributed by atoms with Crippen molar-refractivity contribution in [3.05, 3.63) is 0 Å². The van der Waals surface area contributed by atoms with Crippen LogP contribution in [0.2, 0.25) is 0 Å². The van der Waals surface area contributed by atoms with E-state index < -0.39 is 12.1 Å².